The van der Waals surface area contributed by atoms with Gasteiger partial charge < -0.3 is 5.11 Å². The number of halogens is 3. The molecule has 2 unspecified atom stereocenters. The Labute approximate surface area is 187 Å². The maximum absolute atomic E-state index is 13.1. The molecule has 1 aromatic carbocycles. The number of hydrogen-bond acceptors (Lipinski definition) is 3. The first kappa shape index (κ1) is 21.3. The monoisotopic (exact) mass is 532 g/mol. The summed E-state index contributed by atoms with van der Waals surface area (Å²) < 4.78 is 0.767. The van der Waals surface area contributed by atoms with Crippen LogP contribution >= 0.6 is 45.8 Å². The molecule has 1 saturated carbocycles. The molecule has 1 N–H and O–H groups in total. The zero-order valence-electron chi connectivity index (χ0n) is 15.5. The van der Waals surface area contributed by atoms with Crippen molar-refractivity contribution in [2.45, 2.75) is 44.6 Å². The van der Waals surface area contributed by atoms with Crippen LogP contribution in [0.25, 0.3) is 0 Å². The van der Waals surface area contributed by atoms with Gasteiger partial charge in [0.2, 0.25) is 0 Å². The lowest BCUT2D eigenvalue weighted by Gasteiger charge is -2.24. The molecule has 0 aliphatic heterocycles. The van der Waals surface area contributed by atoms with E-state index in [9.17, 15) is 14.7 Å². The van der Waals surface area contributed by atoms with Crippen LogP contribution in [0.1, 0.15) is 54.7 Å². The Kier molecular flexibility index (Phi) is 5.94. The van der Waals surface area contributed by atoms with Crippen LogP contribution in [0, 0.1) is 3.57 Å². The van der Waals surface area contributed by atoms with Gasteiger partial charge in [0.25, 0.3) is 5.91 Å². The quantitative estimate of drug-likeness (QED) is 0.494. The molecule has 0 saturated heterocycles. The molecule has 5 nitrogen and oxygen atoms in total. The van der Waals surface area contributed by atoms with Crippen LogP contribution in [0.3, 0.4) is 0 Å². The average molecular weight is 533 g/mol. The van der Waals surface area contributed by atoms with E-state index in [1.54, 1.807) is 18.2 Å². The van der Waals surface area contributed by atoms with E-state index in [1.165, 1.54) is 6.20 Å². The van der Waals surface area contributed by atoms with E-state index < -0.39 is 18.0 Å². The lowest BCUT2D eigenvalue weighted by atomic mass is 9.86. The topological polar surface area (TPSA) is 70.5 Å². The molecule has 148 valence electrons. The van der Waals surface area contributed by atoms with Gasteiger partial charge in [0.05, 0.1) is 27.3 Å². The summed E-state index contributed by atoms with van der Waals surface area (Å²) in [5, 5.41) is 10.5. The first-order chi connectivity index (χ1) is 13.0. The van der Waals surface area contributed by atoms with Crippen LogP contribution in [0.2, 0.25) is 10.0 Å². The second kappa shape index (κ2) is 7.80. The van der Waals surface area contributed by atoms with E-state index in [1.807, 2.05) is 6.07 Å². The fourth-order valence-electron chi connectivity index (χ4n) is 3.24. The van der Waals surface area contributed by atoms with Crippen LogP contribution in [0.4, 0.5) is 4.79 Å². The van der Waals surface area contributed by atoms with Gasteiger partial charge in [-0.3, -0.25) is 9.78 Å². The molecule has 2 aromatic rings. The van der Waals surface area contributed by atoms with Gasteiger partial charge in [-0.1, -0.05) is 56.1 Å². The van der Waals surface area contributed by atoms with E-state index in [4.69, 9.17) is 23.2 Å². The fraction of sp³-hybridized carbons (Fsp3) is 0.350. The third-order valence-corrected chi connectivity index (χ3v) is 6.41. The Bertz CT molecular complexity index is 959. The van der Waals surface area contributed by atoms with E-state index in [2.05, 4.69) is 48.3 Å². The lowest BCUT2D eigenvalue weighted by molar-refractivity contribution is 0.0725. The molecular weight excluding hydrogens is 514 g/mol. The molecular formula is C20H19Cl2IN2O3. The van der Waals surface area contributed by atoms with Crippen molar-refractivity contribution < 1.29 is 14.7 Å². The predicted molar refractivity (Wildman–Crippen MR) is 117 cm³/mol. The molecule has 0 spiro atoms. The molecule has 1 fully saturated rings. The van der Waals surface area contributed by atoms with E-state index >= 15 is 0 Å². The molecule has 1 aliphatic carbocycles. The fourth-order valence-corrected chi connectivity index (χ4v) is 5.16. The molecule has 8 heteroatoms. The van der Waals surface area contributed by atoms with E-state index in [0.29, 0.717) is 27.7 Å². The minimum Gasteiger partial charge on any atom is -0.465 e. The molecule has 0 radical (unpaired) electrons. The number of carboxylic acid groups (broad SMARTS) is 1. The van der Waals surface area contributed by atoms with Gasteiger partial charge in [-0.05, 0) is 52.1 Å². The summed E-state index contributed by atoms with van der Waals surface area (Å²) in [6.45, 7) is 6.16. The maximum atomic E-state index is 13.1. The van der Waals surface area contributed by atoms with Gasteiger partial charge in [-0.25, -0.2) is 9.69 Å². The molecule has 3 rings (SSSR count). The summed E-state index contributed by atoms with van der Waals surface area (Å²) in [7, 11) is 0. The SMILES string of the molecule is CC(C)(C)c1cccc(C(=O)N(C(=O)O)C2CC2c2ncc(Cl)cc2Cl)c1I. The summed E-state index contributed by atoms with van der Waals surface area (Å²) in [5.41, 5.74) is 1.78. The summed E-state index contributed by atoms with van der Waals surface area (Å²) in [5.74, 6) is -0.756. The van der Waals surface area contributed by atoms with E-state index in [-0.39, 0.29) is 11.3 Å². The van der Waals surface area contributed by atoms with Crippen molar-refractivity contribution in [1.82, 2.24) is 9.88 Å². The molecule has 1 heterocycles. The van der Waals surface area contributed by atoms with Gasteiger partial charge in [0.15, 0.2) is 0 Å². The largest absolute Gasteiger partial charge is 0.465 e. The molecule has 28 heavy (non-hydrogen) atoms. The number of carbonyl (C=O) groups is 2. The number of nitrogens with zero attached hydrogens (tertiary/aromatic N) is 2. The second-order valence-corrected chi connectivity index (χ2v) is 9.73. The number of hydrogen-bond donors (Lipinski definition) is 1. The standard InChI is InChI=1S/C20H19Cl2IN2O3/c1-20(2,3)13-6-4-5-11(16(13)23)18(26)25(19(27)28)15-8-12(15)17-14(22)7-10(21)9-24-17/h4-7,9,12,15H,8H2,1-3H3,(H,27,28). The number of imide groups is 1. The lowest BCUT2D eigenvalue weighted by Crippen LogP contribution is -2.39. The van der Waals surface area contributed by atoms with Crippen LogP contribution in [0.15, 0.2) is 30.5 Å². The maximum Gasteiger partial charge on any atom is 0.414 e. The molecule has 2 amide bonds. The van der Waals surface area contributed by atoms with Crippen molar-refractivity contribution in [3.05, 3.63) is 60.9 Å². The number of carbonyl (C=O) groups excluding carboxylic acids is 1. The van der Waals surface area contributed by atoms with Gasteiger partial charge in [0.1, 0.15) is 0 Å². The first-order valence-electron chi connectivity index (χ1n) is 8.68. The normalized spacial score (nSPS) is 18.6. The highest BCUT2D eigenvalue weighted by molar-refractivity contribution is 14.1. The number of aromatic nitrogens is 1. The number of amides is 2. The third-order valence-electron chi connectivity index (χ3n) is 4.74. The summed E-state index contributed by atoms with van der Waals surface area (Å²) >= 11 is 14.2. The van der Waals surface area contributed by atoms with Crippen LogP contribution in [-0.2, 0) is 5.41 Å². The number of pyridine rings is 1. The highest BCUT2D eigenvalue weighted by atomic mass is 127. The second-order valence-electron chi connectivity index (χ2n) is 7.80. The van der Waals surface area contributed by atoms with Crippen molar-refractivity contribution in [3.63, 3.8) is 0 Å². The van der Waals surface area contributed by atoms with Crippen molar-refractivity contribution >= 4 is 57.8 Å². The van der Waals surface area contributed by atoms with Crippen molar-refractivity contribution in [1.29, 1.82) is 0 Å². The molecule has 0 bridgehead atoms. The van der Waals surface area contributed by atoms with Crippen molar-refractivity contribution in [2.24, 2.45) is 0 Å². The summed E-state index contributed by atoms with van der Waals surface area (Å²) in [6.07, 6.45) is 0.683. The van der Waals surface area contributed by atoms with Gasteiger partial charge in [-0.2, -0.15) is 0 Å². The Morgan fingerprint density at radius 2 is 1.96 bits per heavy atom. The highest BCUT2D eigenvalue weighted by Gasteiger charge is 2.50. The Hall–Kier alpha value is -1.38. The number of benzene rings is 1. The van der Waals surface area contributed by atoms with Crippen LogP contribution in [0.5, 0.6) is 0 Å². The number of rotatable bonds is 3. The molecule has 1 aliphatic rings. The Morgan fingerprint density at radius 3 is 2.54 bits per heavy atom. The summed E-state index contributed by atoms with van der Waals surface area (Å²) in [4.78, 5) is 30.2. The van der Waals surface area contributed by atoms with Gasteiger partial charge >= 0.3 is 6.09 Å². The molecule has 2 atom stereocenters. The van der Waals surface area contributed by atoms with Crippen molar-refractivity contribution in [3.8, 4) is 0 Å². The zero-order valence-corrected chi connectivity index (χ0v) is 19.2. The third kappa shape index (κ3) is 4.14. The minimum atomic E-state index is -1.28. The minimum absolute atomic E-state index is 0.163. The van der Waals surface area contributed by atoms with Crippen LogP contribution in [-0.4, -0.2) is 33.0 Å². The smallest absolute Gasteiger partial charge is 0.414 e. The highest BCUT2D eigenvalue weighted by Crippen LogP contribution is 2.47. The Balaban J connectivity index is 1.93. The zero-order chi connectivity index (χ0) is 20.8. The predicted octanol–water partition coefficient (Wildman–Crippen LogP) is 5.97. The molecule has 1 aromatic heterocycles. The van der Waals surface area contributed by atoms with E-state index in [0.717, 1.165) is 14.0 Å². The van der Waals surface area contributed by atoms with Crippen LogP contribution < -0.4 is 0 Å². The summed E-state index contributed by atoms with van der Waals surface area (Å²) in [6, 6.07) is 6.49. The van der Waals surface area contributed by atoms with Gasteiger partial charge in [0, 0.05) is 15.7 Å². The van der Waals surface area contributed by atoms with Gasteiger partial charge in [-0.15, -0.1) is 0 Å². The first-order valence-corrected chi connectivity index (χ1v) is 10.5. The van der Waals surface area contributed by atoms with Crippen molar-refractivity contribution in [2.75, 3.05) is 0 Å². The Morgan fingerprint density at radius 1 is 1.29 bits per heavy atom. The average Bonchev–Trinajstić information content (AvgIpc) is 3.33.